The molecule has 1 amide bonds. The quantitative estimate of drug-likeness (QED) is 0.352. The van der Waals surface area contributed by atoms with Crippen molar-refractivity contribution < 1.29 is 14.3 Å². The largest absolute Gasteiger partial charge is 0.481 e. The number of pyridine rings is 1. The molecule has 4 heterocycles. The number of carbonyl (C=O) groups excluding carboxylic acids is 1. The standard InChI is InChI=1S/C24H22IN5O3/c1-14-16-5-4-6-17(19-7-8-22(32-2)27-23(19)33-3)18(16)9-10-29(14)24(31)20-11-21-26-12-15(25)13-30(21)28-20/h4-8,11-14H,9-10H2,1-3H3. The predicted molar refractivity (Wildman–Crippen MR) is 132 cm³/mol. The lowest BCUT2D eigenvalue weighted by Gasteiger charge is -2.36. The van der Waals surface area contributed by atoms with Gasteiger partial charge >= 0.3 is 0 Å². The van der Waals surface area contributed by atoms with Crippen LogP contribution in [0.1, 0.15) is 34.6 Å². The summed E-state index contributed by atoms with van der Waals surface area (Å²) in [5.74, 6) is 0.922. The lowest BCUT2D eigenvalue weighted by Crippen LogP contribution is -2.39. The molecule has 1 atom stereocenters. The molecule has 168 valence electrons. The van der Waals surface area contributed by atoms with E-state index in [1.54, 1.807) is 31.0 Å². The van der Waals surface area contributed by atoms with E-state index in [4.69, 9.17) is 9.47 Å². The number of fused-ring (bicyclic) bond motifs is 2. The van der Waals surface area contributed by atoms with E-state index in [1.807, 2.05) is 29.3 Å². The zero-order valence-electron chi connectivity index (χ0n) is 18.4. The molecule has 0 fully saturated rings. The van der Waals surface area contributed by atoms with Crippen molar-refractivity contribution in [1.82, 2.24) is 24.5 Å². The summed E-state index contributed by atoms with van der Waals surface area (Å²) in [5.41, 5.74) is 5.34. The Bertz CT molecular complexity index is 1370. The molecule has 0 N–H and O–H groups in total. The monoisotopic (exact) mass is 555 g/mol. The van der Waals surface area contributed by atoms with Crippen LogP contribution in [-0.4, -0.2) is 51.2 Å². The van der Waals surface area contributed by atoms with Gasteiger partial charge in [-0.05, 0) is 58.7 Å². The van der Waals surface area contributed by atoms with Gasteiger partial charge < -0.3 is 14.4 Å². The van der Waals surface area contributed by atoms with E-state index < -0.39 is 0 Å². The summed E-state index contributed by atoms with van der Waals surface area (Å²) < 4.78 is 13.4. The van der Waals surface area contributed by atoms with Gasteiger partial charge in [0, 0.05) is 40.2 Å². The Morgan fingerprint density at radius 1 is 1.15 bits per heavy atom. The van der Waals surface area contributed by atoms with E-state index in [2.05, 4.69) is 56.7 Å². The van der Waals surface area contributed by atoms with Crippen LogP contribution < -0.4 is 9.47 Å². The Labute approximate surface area is 204 Å². The van der Waals surface area contributed by atoms with Crippen LogP contribution in [0.15, 0.2) is 48.8 Å². The number of aromatic nitrogens is 4. The molecule has 1 unspecified atom stereocenters. The number of methoxy groups -OCH3 is 2. The molecule has 3 aromatic heterocycles. The van der Waals surface area contributed by atoms with Crippen molar-refractivity contribution in [3.05, 3.63) is 69.2 Å². The summed E-state index contributed by atoms with van der Waals surface area (Å²) in [6.45, 7) is 2.65. The maximum atomic E-state index is 13.4. The third-order valence-corrected chi connectivity index (χ3v) is 6.58. The zero-order valence-corrected chi connectivity index (χ0v) is 20.6. The summed E-state index contributed by atoms with van der Waals surface area (Å²) in [6, 6.07) is 11.6. The van der Waals surface area contributed by atoms with Crippen LogP contribution in [0.3, 0.4) is 0 Å². The fraction of sp³-hybridized carbons (Fsp3) is 0.250. The number of rotatable bonds is 4. The van der Waals surface area contributed by atoms with Gasteiger partial charge in [0.1, 0.15) is 0 Å². The van der Waals surface area contributed by atoms with Gasteiger partial charge in [-0.1, -0.05) is 18.2 Å². The number of benzene rings is 1. The summed E-state index contributed by atoms with van der Waals surface area (Å²) in [7, 11) is 3.19. The highest BCUT2D eigenvalue weighted by molar-refractivity contribution is 14.1. The van der Waals surface area contributed by atoms with Crippen LogP contribution in [-0.2, 0) is 6.42 Å². The van der Waals surface area contributed by atoms with Crippen LogP contribution in [0, 0.1) is 3.57 Å². The van der Waals surface area contributed by atoms with Crippen LogP contribution >= 0.6 is 22.6 Å². The van der Waals surface area contributed by atoms with Crippen molar-refractivity contribution in [3.8, 4) is 22.9 Å². The molecule has 4 aromatic rings. The van der Waals surface area contributed by atoms with Gasteiger partial charge in [0.15, 0.2) is 11.3 Å². The van der Waals surface area contributed by atoms with Gasteiger partial charge in [0.2, 0.25) is 11.8 Å². The van der Waals surface area contributed by atoms with Gasteiger partial charge in [0.25, 0.3) is 5.91 Å². The number of halogens is 1. The number of hydrogen-bond acceptors (Lipinski definition) is 6. The highest BCUT2D eigenvalue weighted by atomic mass is 127. The van der Waals surface area contributed by atoms with E-state index in [9.17, 15) is 4.79 Å². The van der Waals surface area contributed by atoms with E-state index >= 15 is 0 Å². The van der Waals surface area contributed by atoms with E-state index in [0.717, 1.165) is 26.7 Å². The fourth-order valence-electron chi connectivity index (χ4n) is 4.40. The molecule has 0 bridgehead atoms. The number of nitrogens with zero attached hydrogens (tertiary/aromatic N) is 5. The molecule has 1 aliphatic heterocycles. The molecule has 1 aliphatic rings. The molecular formula is C24H22IN5O3. The second kappa shape index (κ2) is 8.62. The Morgan fingerprint density at radius 2 is 2.00 bits per heavy atom. The molecule has 8 nitrogen and oxygen atoms in total. The molecule has 33 heavy (non-hydrogen) atoms. The van der Waals surface area contributed by atoms with Crippen LogP contribution in [0.2, 0.25) is 0 Å². The summed E-state index contributed by atoms with van der Waals surface area (Å²) in [5, 5.41) is 4.46. The average Bonchev–Trinajstić information content (AvgIpc) is 3.26. The Morgan fingerprint density at radius 3 is 2.79 bits per heavy atom. The molecule has 5 rings (SSSR count). The maximum Gasteiger partial charge on any atom is 0.274 e. The molecular weight excluding hydrogens is 533 g/mol. The fourth-order valence-corrected chi connectivity index (χ4v) is 4.81. The number of hydrogen-bond donors (Lipinski definition) is 0. The summed E-state index contributed by atoms with van der Waals surface area (Å²) in [4.78, 5) is 24.0. The second-order valence-corrected chi connectivity index (χ2v) is 9.06. The van der Waals surface area contributed by atoms with Crippen molar-refractivity contribution in [2.45, 2.75) is 19.4 Å². The molecule has 0 saturated carbocycles. The van der Waals surface area contributed by atoms with Crippen LogP contribution in [0.25, 0.3) is 16.8 Å². The van der Waals surface area contributed by atoms with Crippen LogP contribution in [0.4, 0.5) is 0 Å². The normalized spacial score (nSPS) is 15.4. The molecule has 1 aromatic carbocycles. The first-order chi connectivity index (χ1) is 16.0. The summed E-state index contributed by atoms with van der Waals surface area (Å²) >= 11 is 2.18. The smallest absolute Gasteiger partial charge is 0.274 e. The Hall–Kier alpha value is -3.21. The lowest BCUT2D eigenvalue weighted by molar-refractivity contribution is 0.0671. The van der Waals surface area contributed by atoms with Crippen molar-refractivity contribution in [1.29, 1.82) is 0 Å². The summed E-state index contributed by atoms with van der Waals surface area (Å²) in [6.07, 6.45) is 4.34. The number of ether oxygens (including phenoxy) is 2. The molecule has 9 heteroatoms. The van der Waals surface area contributed by atoms with Crippen molar-refractivity contribution >= 4 is 34.1 Å². The topological polar surface area (TPSA) is 81.9 Å². The zero-order chi connectivity index (χ0) is 23.1. The van der Waals surface area contributed by atoms with Gasteiger partial charge in [-0.2, -0.15) is 10.1 Å². The predicted octanol–water partition coefficient (Wildman–Crippen LogP) is 4.17. The van der Waals surface area contributed by atoms with Gasteiger partial charge in [0.05, 0.1) is 20.3 Å². The lowest BCUT2D eigenvalue weighted by atomic mass is 9.87. The average molecular weight is 555 g/mol. The third kappa shape index (κ3) is 3.79. The van der Waals surface area contributed by atoms with Crippen molar-refractivity contribution in [3.63, 3.8) is 0 Å². The first kappa shape index (κ1) is 21.6. The minimum absolute atomic E-state index is 0.0947. The SMILES string of the molecule is COc1ccc(-c2cccc3c2CCN(C(=O)c2cc4ncc(I)cn4n2)C3C)c(OC)n1. The molecule has 0 saturated heterocycles. The molecule has 0 spiro atoms. The Balaban J connectivity index is 1.50. The highest BCUT2D eigenvalue weighted by Crippen LogP contribution is 2.39. The van der Waals surface area contributed by atoms with Crippen LogP contribution in [0.5, 0.6) is 11.8 Å². The van der Waals surface area contributed by atoms with Crippen molar-refractivity contribution in [2.24, 2.45) is 0 Å². The molecule has 0 radical (unpaired) electrons. The van der Waals surface area contributed by atoms with E-state index in [0.29, 0.717) is 29.6 Å². The highest BCUT2D eigenvalue weighted by Gasteiger charge is 2.31. The minimum atomic E-state index is -0.101. The first-order valence-electron chi connectivity index (χ1n) is 10.5. The van der Waals surface area contributed by atoms with E-state index in [1.165, 1.54) is 5.56 Å². The Kier molecular flexibility index (Phi) is 5.65. The van der Waals surface area contributed by atoms with E-state index in [-0.39, 0.29) is 11.9 Å². The third-order valence-electron chi connectivity index (χ3n) is 6.02. The second-order valence-electron chi connectivity index (χ2n) is 7.81. The van der Waals surface area contributed by atoms with Crippen molar-refractivity contribution in [2.75, 3.05) is 20.8 Å². The number of carbonyl (C=O) groups is 1. The minimum Gasteiger partial charge on any atom is -0.481 e. The van der Waals surface area contributed by atoms with Gasteiger partial charge in [-0.15, -0.1) is 0 Å². The van der Waals surface area contributed by atoms with Gasteiger partial charge in [-0.25, -0.2) is 9.50 Å². The van der Waals surface area contributed by atoms with Gasteiger partial charge in [-0.3, -0.25) is 4.79 Å². The number of amides is 1. The first-order valence-corrected chi connectivity index (χ1v) is 11.6. The maximum absolute atomic E-state index is 13.4. The molecule has 0 aliphatic carbocycles.